The lowest BCUT2D eigenvalue weighted by Crippen LogP contribution is -2.38. The molecule has 2 aliphatic rings. The van der Waals surface area contributed by atoms with Crippen LogP contribution in [0.25, 0.3) is 0 Å². The average Bonchev–Trinajstić information content (AvgIpc) is 2.78. The van der Waals surface area contributed by atoms with Crippen LogP contribution in [0.4, 0.5) is 11.4 Å². The number of hydrogen-bond donors (Lipinski definition) is 0. The highest BCUT2D eigenvalue weighted by molar-refractivity contribution is 7.99. The molecule has 2 aromatic carbocycles. The van der Waals surface area contributed by atoms with Gasteiger partial charge in [0.25, 0.3) is 0 Å². The van der Waals surface area contributed by atoms with E-state index in [4.69, 9.17) is 4.74 Å². The molecule has 0 aliphatic carbocycles. The Labute approximate surface area is 202 Å². The lowest BCUT2D eigenvalue weighted by Gasteiger charge is -2.35. The Balaban J connectivity index is 0.00000306. The number of carbonyl (C=O) groups excluding carboxylic acids is 1. The summed E-state index contributed by atoms with van der Waals surface area (Å²) in [5, 5.41) is 0. The minimum absolute atomic E-state index is 0. The summed E-state index contributed by atoms with van der Waals surface area (Å²) in [6, 6.07) is 13.7. The number of carbonyl (C=O) groups is 1. The maximum Gasteiger partial charge on any atom is 0.309 e. The summed E-state index contributed by atoms with van der Waals surface area (Å²) in [5.41, 5.74) is 2.08. The molecule has 0 bridgehead atoms. The number of esters is 1. The third-order valence-corrected chi connectivity index (χ3v) is 8.33. The van der Waals surface area contributed by atoms with Crippen LogP contribution < -0.4 is 4.90 Å². The molecule has 180 valence electrons. The van der Waals surface area contributed by atoms with Gasteiger partial charge in [-0.3, -0.25) is 4.79 Å². The standard InChI is InChI=1S/C24H30N2O4S2.CH4/c1-3-30-24(27)18-11-15-25(16-12-18)13-6-14-26-20-7-4-5-8-22(20)31-23-10-9-19(17-21(23)26)32(2,28)29;/h4-5,7-10,17-18H,3,6,11-16H2,1-2H3;1H4. The molecular formula is C25H34N2O4S2. The highest BCUT2D eigenvalue weighted by atomic mass is 32.2. The van der Waals surface area contributed by atoms with Crippen molar-refractivity contribution < 1.29 is 17.9 Å². The van der Waals surface area contributed by atoms with Crippen LogP contribution in [0.1, 0.15) is 33.6 Å². The van der Waals surface area contributed by atoms with Crippen molar-refractivity contribution in [2.24, 2.45) is 5.92 Å². The van der Waals surface area contributed by atoms with E-state index in [0.717, 1.165) is 61.7 Å². The number of ether oxygens (including phenoxy) is 1. The normalized spacial score (nSPS) is 16.5. The van der Waals surface area contributed by atoms with Crippen molar-refractivity contribution in [1.29, 1.82) is 0 Å². The predicted octanol–water partition coefficient (Wildman–Crippen LogP) is 4.99. The van der Waals surface area contributed by atoms with Crippen molar-refractivity contribution in [3.05, 3.63) is 42.5 Å². The zero-order valence-corrected chi connectivity index (χ0v) is 20.3. The summed E-state index contributed by atoms with van der Waals surface area (Å²) in [6.07, 6.45) is 3.90. The molecule has 1 saturated heterocycles. The van der Waals surface area contributed by atoms with Gasteiger partial charge in [-0.2, -0.15) is 0 Å². The van der Waals surface area contributed by atoms with Gasteiger partial charge in [0, 0.05) is 22.6 Å². The van der Waals surface area contributed by atoms with Crippen molar-refractivity contribution in [2.45, 2.75) is 48.3 Å². The highest BCUT2D eigenvalue weighted by Crippen LogP contribution is 2.48. The van der Waals surface area contributed by atoms with Crippen LogP contribution in [-0.2, 0) is 19.4 Å². The molecule has 8 heteroatoms. The first kappa shape index (κ1) is 25.6. The van der Waals surface area contributed by atoms with E-state index in [9.17, 15) is 13.2 Å². The van der Waals surface area contributed by atoms with Crippen molar-refractivity contribution in [2.75, 3.05) is 43.9 Å². The molecule has 0 aromatic heterocycles. The molecule has 0 amide bonds. The van der Waals surface area contributed by atoms with Crippen LogP contribution in [0.15, 0.2) is 57.2 Å². The van der Waals surface area contributed by atoms with Crippen molar-refractivity contribution in [3.8, 4) is 0 Å². The van der Waals surface area contributed by atoms with Crippen LogP contribution in [0.3, 0.4) is 0 Å². The van der Waals surface area contributed by atoms with E-state index in [0.29, 0.717) is 11.5 Å². The number of fused-ring (bicyclic) bond motifs is 2. The van der Waals surface area contributed by atoms with Gasteiger partial charge < -0.3 is 14.5 Å². The van der Waals surface area contributed by atoms with E-state index in [1.54, 1.807) is 23.9 Å². The number of hydrogen-bond acceptors (Lipinski definition) is 7. The topological polar surface area (TPSA) is 66.9 Å². The van der Waals surface area contributed by atoms with E-state index < -0.39 is 9.84 Å². The minimum atomic E-state index is -3.27. The van der Waals surface area contributed by atoms with Crippen LogP contribution >= 0.6 is 11.8 Å². The second kappa shape index (κ2) is 10.9. The highest BCUT2D eigenvalue weighted by Gasteiger charge is 2.27. The molecule has 4 rings (SSSR count). The molecular weight excluding hydrogens is 456 g/mol. The Bertz CT molecular complexity index is 1080. The largest absolute Gasteiger partial charge is 0.466 e. The molecule has 0 atom stereocenters. The van der Waals surface area contributed by atoms with Gasteiger partial charge in [0.15, 0.2) is 9.84 Å². The summed E-state index contributed by atoms with van der Waals surface area (Å²) < 4.78 is 29.5. The van der Waals surface area contributed by atoms with Gasteiger partial charge in [-0.05, 0) is 76.2 Å². The Morgan fingerprint density at radius 2 is 1.76 bits per heavy atom. The van der Waals surface area contributed by atoms with E-state index in [2.05, 4.69) is 21.9 Å². The van der Waals surface area contributed by atoms with Crippen LogP contribution in [0, 0.1) is 5.92 Å². The van der Waals surface area contributed by atoms with Crippen molar-refractivity contribution in [3.63, 3.8) is 0 Å². The first-order valence-corrected chi connectivity index (χ1v) is 13.8. The van der Waals surface area contributed by atoms with Gasteiger partial charge in [-0.15, -0.1) is 0 Å². The number of piperidine rings is 1. The van der Waals surface area contributed by atoms with E-state index in [1.165, 1.54) is 11.2 Å². The number of para-hydroxylation sites is 1. The summed E-state index contributed by atoms with van der Waals surface area (Å²) >= 11 is 1.68. The maximum atomic E-state index is 12.1. The Hall–Kier alpha value is -2.03. The van der Waals surface area contributed by atoms with Gasteiger partial charge in [0.1, 0.15) is 0 Å². The Morgan fingerprint density at radius 3 is 2.45 bits per heavy atom. The zero-order valence-electron chi connectivity index (χ0n) is 18.6. The van der Waals surface area contributed by atoms with Crippen LogP contribution in [0.2, 0.25) is 0 Å². The first-order valence-electron chi connectivity index (χ1n) is 11.1. The Kier molecular flexibility index (Phi) is 8.48. The van der Waals surface area contributed by atoms with Gasteiger partial charge in [-0.1, -0.05) is 31.3 Å². The molecule has 33 heavy (non-hydrogen) atoms. The van der Waals surface area contributed by atoms with Crippen LogP contribution in [0.5, 0.6) is 0 Å². The number of likely N-dealkylation sites (tertiary alicyclic amines) is 1. The third-order valence-electron chi connectivity index (χ3n) is 6.09. The summed E-state index contributed by atoms with van der Waals surface area (Å²) in [6.45, 7) is 5.85. The van der Waals surface area contributed by atoms with Crippen molar-refractivity contribution >= 4 is 38.9 Å². The molecule has 6 nitrogen and oxygen atoms in total. The molecule has 0 spiro atoms. The zero-order chi connectivity index (χ0) is 22.7. The predicted molar refractivity (Wildman–Crippen MR) is 134 cm³/mol. The number of anilines is 2. The number of rotatable bonds is 7. The van der Waals surface area contributed by atoms with Gasteiger partial charge in [0.2, 0.25) is 0 Å². The number of benzene rings is 2. The summed E-state index contributed by atoms with van der Waals surface area (Å²) in [4.78, 5) is 19.2. The lowest BCUT2D eigenvalue weighted by molar-refractivity contribution is -0.149. The van der Waals surface area contributed by atoms with Crippen LogP contribution in [-0.4, -0.2) is 58.3 Å². The van der Waals surface area contributed by atoms with E-state index >= 15 is 0 Å². The fraction of sp³-hybridized carbons (Fsp3) is 0.480. The first-order chi connectivity index (χ1) is 15.4. The fourth-order valence-electron chi connectivity index (χ4n) is 4.39. The van der Waals surface area contributed by atoms with Gasteiger partial charge in [-0.25, -0.2) is 8.42 Å². The Morgan fingerprint density at radius 1 is 1.06 bits per heavy atom. The molecule has 2 heterocycles. The minimum Gasteiger partial charge on any atom is -0.466 e. The van der Waals surface area contributed by atoms with Crippen molar-refractivity contribution in [1.82, 2.24) is 4.90 Å². The second-order valence-electron chi connectivity index (χ2n) is 8.34. The molecule has 0 saturated carbocycles. The van der Waals surface area contributed by atoms with Gasteiger partial charge >= 0.3 is 5.97 Å². The van der Waals surface area contributed by atoms with E-state index in [1.807, 2.05) is 25.1 Å². The molecule has 1 fully saturated rings. The molecule has 2 aromatic rings. The monoisotopic (exact) mass is 490 g/mol. The lowest BCUT2D eigenvalue weighted by atomic mass is 9.97. The fourth-order valence-corrected chi connectivity index (χ4v) is 6.10. The maximum absolute atomic E-state index is 12.1. The molecule has 0 unspecified atom stereocenters. The smallest absolute Gasteiger partial charge is 0.309 e. The number of sulfone groups is 1. The quantitative estimate of drug-likeness (QED) is 0.506. The average molecular weight is 491 g/mol. The van der Waals surface area contributed by atoms with Gasteiger partial charge in [0.05, 0.1) is 28.8 Å². The number of nitrogens with zero attached hydrogens (tertiary/aromatic N) is 2. The SMILES string of the molecule is C.CCOC(=O)C1CCN(CCCN2c3ccccc3Sc3ccc(S(C)(=O)=O)cc32)CC1. The third kappa shape index (κ3) is 5.91. The molecule has 2 aliphatic heterocycles. The molecule has 0 N–H and O–H groups in total. The van der Waals surface area contributed by atoms with E-state index in [-0.39, 0.29) is 19.3 Å². The molecule has 0 radical (unpaired) electrons. The summed E-state index contributed by atoms with van der Waals surface area (Å²) in [5.74, 6) is -0.0358. The summed E-state index contributed by atoms with van der Waals surface area (Å²) in [7, 11) is -3.27. The second-order valence-corrected chi connectivity index (χ2v) is 11.4.